The van der Waals surface area contributed by atoms with Crippen LogP contribution in [0.5, 0.6) is 23.0 Å². The molecule has 12 nitrogen and oxygen atoms in total. The lowest BCUT2D eigenvalue weighted by atomic mass is 9.95. The van der Waals surface area contributed by atoms with Gasteiger partial charge in [-0.25, -0.2) is 9.59 Å². The molecule has 256 valence electrons. The SMILES string of the molecule is CCOc1cc([C@@H]2NC(=O)NC(C)=C2C(=O)OC)ccc1OC[C@@H](O)N/N=C\c1cc(OC)c(OCc2cccc3ccccc23)cc1Br. The smallest absolute Gasteiger partial charge is 0.337 e. The fourth-order valence-electron chi connectivity index (χ4n) is 5.31. The number of allylic oxidation sites excluding steroid dienone is 1. The molecule has 0 aromatic heterocycles. The molecule has 1 aliphatic rings. The highest BCUT2D eigenvalue weighted by molar-refractivity contribution is 9.10. The molecule has 0 aliphatic carbocycles. The summed E-state index contributed by atoms with van der Waals surface area (Å²) in [5.74, 6) is 1.22. The summed E-state index contributed by atoms with van der Waals surface area (Å²) in [7, 11) is 2.84. The van der Waals surface area contributed by atoms with Crippen molar-refractivity contribution in [2.75, 3.05) is 27.4 Å². The van der Waals surface area contributed by atoms with Gasteiger partial charge in [0.1, 0.15) is 13.2 Å². The zero-order valence-corrected chi connectivity index (χ0v) is 29.0. The number of nitrogens with zero attached hydrogens (tertiary/aromatic N) is 1. The number of esters is 1. The van der Waals surface area contributed by atoms with E-state index in [1.807, 2.05) is 37.3 Å². The number of ether oxygens (including phenoxy) is 5. The number of urea groups is 1. The zero-order chi connectivity index (χ0) is 34.9. The minimum absolute atomic E-state index is 0.168. The van der Waals surface area contributed by atoms with Gasteiger partial charge in [0, 0.05) is 15.7 Å². The van der Waals surface area contributed by atoms with E-state index in [0.717, 1.165) is 16.3 Å². The molecule has 4 aromatic rings. The molecule has 0 bridgehead atoms. The summed E-state index contributed by atoms with van der Waals surface area (Å²) >= 11 is 3.57. The number of hydrogen-bond acceptors (Lipinski definition) is 10. The summed E-state index contributed by atoms with van der Waals surface area (Å²) in [5, 5.41) is 22.3. The number of carbonyl (C=O) groups excluding carboxylic acids is 2. The summed E-state index contributed by atoms with van der Waals surface area (Å²) in [6, 6.07) is 21.6. The van der Waals surface area contributed by atoms with Crippen LogP contribution in [0.4, 0.5) is 4.79 Å². The molecule has 0 unspecified atom stereocenters. The van der Waals surface area contributed by atoms with E-state index >= 15 is 0 Å². The van der Waals surface area contributed by atoms with Crippen molar-refractivity contribution in [3.63, 3.8) is 0 Å². The Balaban J connectivity index is 1.21. The standard InChI is InChI=1S/C36H37BrN4O8/c1-5-47-30-15-23(34-33(35(43)46-4)21(2)39-36(44)40-34)13-14-28(30)49-20-32(42)41-38-18-25-16-29(45-3)31(17-27(25)37)48-19-24-11-8-10-22-9-6-7-12-26(22)24/h6-18,32,34,41-42H,5,19-20H2,1-4H3,(H2,39,40,44)/b38-18-/t32-,34+/m1/s1. The van der Waals surface area contributed by atoms with Gasteiger partial charge in [-0.2, -0.15) is 5.10 Å². The Labute approximate surface area is 292 Å². The van der Waals surface area contributed by atoms with Crippen molar-refractivity contribution in [3.05, 3.63) is 105 Å². The van der Waals surface area contributed by atoms with Gasteiger partial charge in [-0.1, -0.05) is 48.5 Å². The average molecular weight is 734 g/mol. The Bertz CT molecular complexity index is 1890. The first-order chi connectivity index (χ1) is 23.7. The van der Waals surface area contributed by atoms with Crippen LogP contribution in [0.25, 0.3) is 10.8 Å². The molecule has 1 heterocycles. The third kappa shape index (κ3) is 8.42. The fourth-order valence-corrected chi connectivity index (χ4v) is 5.74. The maximum atomic E-state index is 12.5. The highest BCUT2D eigenvalue weighted by Gasteiger charge is 2.32. The van der Waals surface area contributed by atoms with Crippen LogP contribution in [0.3, 0.4) is 0 Å². The number of methoxy groups -OCH3 is 2. The summed E-state index contributed by atoms with van der Waals surface area (Å²) in [6.45, 7) is 3.96. The first-order valence-electron chi connectivity index (χ1n) is 15.4. The minimum atomic E-state index is -1.17. The second-order valence-electron chi connectivity index (χ2n) is 10.9. The number of fused-ring (bicyclic) bond motifs is 1. The molecule has 4 aromatic carbocycles. The number of aliphatic hydroxyl groups excluding tert-OH is 1. The molecule has 13 heteroatoms. The highest BCUT2D eigenvalue weighted by atomic mass is 79.9. The molecule has 0 radical (unpaired) electrons. The van der Waals surface area contributed by atoms with Crippen molar-refractivity contribution in [1.29, 1.82) is 0 Å². The summed E-state index contributed by atoms with van der Waals surface area (Å²) < 4.78 is 29.0. The van der Waals surface area contributed by atoms with Gasteiger partial charge in [-0.15, -0.1) is 0 Å². The molecule has 2 atom stereocenters. The fraction of sp³-hybridized carbons (Fsp3) is 0.250. The van der Waals surface area contributed by atoms with Crippen LogP contribution in [0, 0.1) is 0 Å². The number of benzene rings is 4. The van der Waals surface area contributed by atoms with Crippen LogP contribution in [0.15, 0.2) is 93.6 Å². The lowest BCUT2D eigenvalue weighted by molar-refractivity contribution is -0.136. The Hall–Kier alpha value is -5.27. The summed E-state index contributed by atoms with van der Waals surface area (Å²) in [4.78, 5) is 24.7. The molecule has 49 heavy (non-hydrogen) atoms. The van der Waals surface area contributed by atoms with E-state index in [4.69, 9.17) is 23.7 Å². The van der Waals surface area contributed by atoms with E-state index in [-0.39, 0.29) is 12.2 Å². The average Bonchev–Trinajstić information content (AvgIpc) is 3.10. The molecule has 0 saturated heterocycles. The van der Waals surface area contributed by atoms with Crippen LogP contribution in [-0.4, -0.2) is 57.0 Å². The third-order valence-electron chi connectivity index (χ3n) is 7.65. The lowest BCUT2D eigenvalue weighted by Gasteiger charge is -2.28. The van der Waals surface area contributed by atoms with Crippen molar-refractivity contribution in [2.24, 2.45) is 5.10 Å². The van der Waals surface area contributed by atoms with Crippen molar-refractivity contribution in [2.45, 2.75) is 32.7 Å². The molecule has 1 aliphatic heterocycles. The topological polar surface area (TPSA) is 149 Å². The van der Waals surface area contributed by atoms with Gasteiger partial charge in [0.25, 0.3) is 0 Å². The Morgan fingerprint density at radius 2 is 1.78 bits per heavy atom. The van der Waals surface area contributed by atoms with Gasteiger partial charge in [-0.05, 0) is 75.9 Å². The van der Waals surface area contributed by atoms with Crippen LogP contribution in [-0.2, 0) is 16.1 Å². The second kappa shape index (κ2) is 16.2. The van der Waals surface area contributed by atoms with Crippen LogP contribution in [0.2, 0.25) is 0 Å². The van der Waals surface area contributed by atoms with Gasteiger partial charge in [0.15, 0.2) is 29.2 Å². The third-order valence-corrected chi connectivity index (χ3v) is 8.33. The van der Waals surface area contributed by atoms with E-state index in [2.05, 4.69) is 55.3 Å². The highest BCUT2D eigenvalue weighted by Crippen LogP contribution is 2.36. The number of rotatable bonds is 14. The number of hydrazone groups is 1. The van der Waals surface area contributed by atoms with Crippen LogP contribution >= 0.6 is 15.9 Å². The monoisotopic (exact) mass is 732 g/mol. The van der Waals surface area contributed by atoms with E-state index in [1.165, 1.54) is 13.3 Å². The number of aliphatic hydroxyl groups is 1. The van der Waals surface area contributed by atoms with Crippen molar-refractivity contribution in [1.82, 2.24) is 16.1 Å². The maximum absolute atomic E-state index is 12.5. The van der Waals surface area contributed by atoms with Gasteiger partial charge in [0.2, 0.25) is 0 Å². The van der Waals surface area contributed by atoms with Gasteiger partial charge in [0.05, 0.1) is 38.7 Å². The second-order valence-corrected chi connectivity index (χ2v) is 11.7. The normalized spacial score (nSPS) is 15.0. The summed E-state index contributed by atoms with van der Waals surface area (Å²) in [5.41, 5.74) is 5.63. The van der Waals surface area contributed by atoms with E-state index < -0.39 is 24.3 Å². The molecular weight excluding hydrogens is 696 g/mol. The Morgan fingerprint density at radius 1 is 1.00 bits per heavy atom. The summed E-state index contributed by atoms with van der Waals surface area (Å²) in [6.07, 6.45) is 0.362. The minimum Gasteiger partial charge on any atom is -0.493 e. The lowest BCUT2D eigenvalue weighted by Crippen LogP contribution is -2.45. The molecule has 5 rings (SSSR count). The van der Waals surface area contributed by atoms with Crippen molar-refractivity contribution in [3.8, 4) is 23.0 Å². The van der Waals surface area contributed by atoms with Gasteiger partial charge < -0.3 is 39.4 Å². The van der Waals surface area contributed by atoms with E-state index in [9.17, 15) is 14.7 Å². The molecular formula is C36H37BrN4O8. The van der Waals surface area contributed by atoms with Crippen molar-refractivity contribution >= 4 is 44.9 Å². The molecule has 4 N–H and O–H groups in total. The Kier molecular flexibility index (Phi) is 11.6. The molecule has 0 fully saturated rings. The predicted octanol–water partition coefficient (Wildman–Crippen LogP) is 5.71. The first kappa shape index (κ1) is 35.0. The van der Waals surface area contributed by atoms with E-state index in [0.29, 0.717) is 57.5 Å². The number of nitrogens with one attached hydrogen (secondary N) is 3. The van der Waals surface area contributed by atoms with Gasteiger partial charge >= 0.3 is 12.0 Å². The van der Waals surface area contributed by atoms with Crippen LogP contribution < -0.4 is 35.0 Å². The molecule has 2 amide bonds. The maximum Gasteiger partial charge on any atom is 0.337 e. The number of carbonyl (C=O) groups is 2. The number of amides is 2. The zero-order valence-electron chi connectivity index (χ0n) is 27.4. The molecule has 0 saturated carbocycles. The first-order valence-corrected chi connectivity index (χ1v) is 16.2. The van der Waals surface area contributed by atoms with Crippen molar-refractivity contribution < 1.29 is 38.4 Å². The van der Waals surface area contributed by atoms with E-state index in [1.54, 1.807) is 38.3 Å². The number of hydrogen-bond donors (Lipinski definition) is 4. The van der Waals surface area contributed by atoms with Gasteiger partial charge in [-0.3, -0.25) is 5.43 Å². The molecule has 0 spiro atoms. The number of halogens is 1. The predicted molar refractivity (Wildman–Crippen MR) is 188 cm³/mol. The van der Waals surface area contributed by atoms with Crippen LogP contribution in [0.1, 0.15) is 36.6 Å². The quantitative estimate of drug-likeness (QED) is 0.0554. The largest absolute Gasteiger partial charge is 0.493 e. The Morgan fingerprint density at radius 3 is 2.55 bits per heavy atom.